The SMILES string of the molecule is [CH2]CCC=CCCCCCCCCC=CCC. The van der Waals surface area contributed by atoms with E-state index >= 15 is 0 Å². The highest BCUT2D eigenvalue weighted by Crippen LogP contribution is 2.09. The average Bonchev–Trinajstić information content (AvgIpc) is 2.35. The zero-order chi connectivity index (χ0) is 12.6. The number of rotatable bonds is 12. The first kappa shape index (κ1) is 16.5. The van der Waals surface area contributed by atoms with Crippen molar-refractivity contribution in [3.8, 4) is 0 Å². The van der Waals surface area contributed by atoms with Crippen molar-refractivity contribution in [3.63, 3.8) is 0 Å². The van der Waals surface area contributed by atoms with E-state index in [0.717, 1.165) is 12.8 Å². The molecule has 0 amide bonds. The first-order chi connectivity index (χ1) is 8.41. The van der Waals surface area contributed by atoms with Gasteiger partial charge in [0.05, 0.1) is 0 Å². The molecule has 0 aliphatic rings. The van der Waals surface area contributed by atoms with Crippen molar-refractivity contribution < 1.29 is 0 Å². The zero-order valence-electron chi connectivity index (χ0n) is 11.8. The zero-order valence-corrected chi connectivity index (χ0v) is 11.8. The Labute approximate surface area is 109 Å². The van der Waals surface area contributed by atoms with Crippen LogP contribution in [-0.4, -0.2) is 0 Å². The molecule has 0 heterocycles. The highest BCUT2D eigenvalue weighted by molar-refractivity contribution is 4.81. The van der Waals surface area contributed by atoms with Crippen molar-refractivity contribution >= 4 is 0 Å². The average molecular weight is 235 g/mol. The Balaban J connectivity index is 3.01. The van der Waals surface area contributed by atoms with Crippen LogP contribution >= 0.6 is 0 Å². The normalized spacial score (nSPS) is 11.9. The highest BCUT2D eigenvalue weighted by atomic mass is 14.0. The van der Waals surface area contributed by atoms with E-state index in [1.807, 2.05) is 0 Å². The van der Waals surface area contributed by atoms with E-state index in [4.69, 9.17) is 0 Å². The lowest BCUT2D eigenvalue weighted by molar-refractivity contribution is 0.599. The molecule has 0 aliphatic carbocycles. The summed E-state index contributed by atoms with van der Waals surface area (Å²) in [5, 5.41) is 0. The molecule has 0 heteroatoms. The van der Waals surface area contributed by atoms with Crippen LogP contribution in [0.4, 0.5) is 0 Å². The Bertz CT molecular complexity index is 176. The molecule has 99 valence electrons. The fourth-order valence-corrected chi connectivity index (χ4v) is 1.87. The number of unbranched alkanes of at least 4 members (excludes halogenated alkanes) is 8. The van der Waals surface area contributed by atoms with Crippen LogP contribution in [-0.2, 0) is 0 Å². The lowest BCUT2D eigenvalue weighted by atomic mass is 10.1. The standard InChI is InChI=1S/C17H31/c1-3-5-7-9-11-13-15-17-16-14-12-10-8-6-4-2/h6-9H,1,3-5,10-17H2,2H3. The minimum Gasteiger partial charge on any atom is -0.0888 e. The van der Waals surface area contributed by atoms with Gasteiger partial charge in [0.1, 0.15) is 0 Å². The summed E-state index contributed by atoms with van der Waals surface area (Å²) < 4.78 is 0. The molecule has 0 rings (SSSR count). The molecule has 0 aromatic heterocycles. The van der Waals surface area contributed by atoms with Gasteiger partial charge in [0.15, 0.2) is 0 Å². The van der Waals surface area contributed by atoms with E-state index < -0.39 is 0 Å². The van der Waals surface area contributed by atoms with Crippen molar-refractivity contribution in [1.82, 2.24) is 0 Å². The highest BCUT2D eigenvalue weighted by Gasteiger charge is 1.89. The maximum absolute atomic E-state index is 3.82. The Morgan fingerprint density at radius 2 is 1.12 bits per heavy atom. The van der Waals surface area contributed by atoms with Crippen molar-refractivity contribution in [1.29, 1.82) is 0 Å². The minimum absolute atomic E-state index is 1.03. The molecule has 0 saturated heterocycles. The van der Waals surface area contributed by atoms with E-state index in [-0.39, 0.29) is 0 Å². The van der Waals surface area contributed by atoms with Gasteiger partial charge in [-0.25, -0.2) is 0 Å². The van der Waals surface area contributed by atoms with Crippen LogP contribution in [0.2, 0.25) is 0 Å². The molecule has 0 nitrogen and oxygen atoms in total. The maximum Gasteiger partial charge on any atom is -0.0351 e. The largest absolute Gasteiger partial charge is 0.0888 e. The molecule has 1 radical (unpaired) electrons. The maximum atomic E-state index is 3.82. The van der Waals surface area contributed by atoms with E-state index in [2.05, 4.69) is 38.2 Å². The molecule has 0 spiro atoms. The van der Waals surface area contributed by atoms with Crippen molar-refractivity contribution in [2.45, 2.75) is 77.6 Å². The second kappa shape index (κ2) is 15.5. The van der Waals surface area contributed by atoms with Crippen LogP contribution in [0.5, 0.6) is 0 Å². The summed E-state index contributed by atoms with van der Waals surface area (Å²) in [6, 6.07) is 0. The predicted octanol–water partition coefficient (Wildman–Crippen LogP) is 6.24. The van der Waals surface area contributed by atoms with Crippen LogP contribution in [0.3, 0.4) is 0 Å². The predicted molar refractivity (Wildman–Crippen MR) is 80.1 cm³/mol. The molecule has 0 aliphatic heterocycles. The minimum atomic E-state index is 1.03. The van der Waals surface area contributed by atoms with Gasteiger partial charge in [-0.05, 0) is 44.9 Å². The Morgan fingerprint density at radius 1 is 0.647 bits per heavy atom. The van der Waals surface area contributed by atoms with E-state index in [0.29, 0.717) is 0 Å². The van der Waals surface area contributed by atoms with Gasteiger partial charge in [0.2, 0.25) is 0 Å². The van der Waals surface area contributed by atoms with E-state index in [1.54, 1.807) is 0 Å². The second-order valence-electron chi connectivity index (χ2n) is 4.69. The monoisotopic (exact) mass is 235 g/mol. The molecule has 0 aromatic carbocycles. The van der Waals surface area contributed by atoms with Crippen molar-refractivity contribution in [3.05, 3.63) is 31.2 Å². The molecule has 0 atom stereocenters. The first-order valence-electron chi connectivity index (χ1n) is 7.51. The summed E-state index contributed by atoms with van der Waals surface area (Å²) in [6.45, 7) is 6.02. The summed E-state index contributed by atoms with van der Waals surface area (Å²) in [4.78, 5) is 0. The lowest BCUT2D eigenvalue weighted by Gasteiger charge is -1.99. The summed E-state index contributed by atoms with van der Waals surface area (Å²) in [7, 11) is 0. The molecular weight excluding hydrogens is 204 g/mol. The third-order valence-corrected chi connectivity index (χ3v) is 2.93. The summed E-state index contributed by atoms with van der Waals surface area (Å²) in [6.07, 6.45) is 23.5. The third-order valence-electron chi connectivity index (χ3n) is 2.93. The molecular formula is C17H31. The number of hydrogen-bond acceptors (Lipinski definition) is 0. The Morgan fingerprint density at radius 3 is 1.65 bits per heavy atom. The molecule has 0 aromatic rings. The molecule has 0 N–H and O–H groups in total. The molecule has 0 fully saturated rings. The van der Waals surface area contributed by atoms with Crippen LogP contribution in [0.25, 0.3) is 0 Å². The Hall–Kier alpha value is -0.520. The summed E-state index contributed by atoms with van der Waals surface area (Å²) in [5.74, 6) is 0. The second-order valence-corrected chi connectivity index (χ2v) is 4.69. The van der Waals surface area contributed by atoms with Gasteiger partial charge in [-0.3, -0.25) is 0 Å². The molecule has 0 unspecified atom stereocenters. The quantitative estimate of drug-likeness (QED) is 0.277. The van der Waals surface area contributed by atoms with E-state index in [9.17, 15) is 0 Å². The van der Waals surface area contributed by atoms with Crippen molar-refractivity contribution in [2.75, 3.05) is 0 Å². The third kappa shape index (κ3) is 15.5. The number of hydrogen-bond donors (Lipinski definition) is 0. The molecule has 0 saturated carbocycles. The van der Waals surface area contributed by atoms with Gasteiger partial charge >= 0.3 is 0 Å². The van der Waals surface area contributed by atoms with Gasteiger partial charge < -0.3 is 0 Å². The summed E-state index contributed by atoms with van der Waals surface area (Å²) >= 11 is 0. The fraction of sp³-hybridized carbons (Fsp3) is 0.706. The van der Waals surface area contributed by atoms with Crippen LogP contribution in [0.1, 0.15) is 77.6 Å². The molecule has 0 bridgehead atoms. The van der Waals surface area contributed by atoms with E-state index in [1.165, 1.54) is 57.8 Å². The van der Waals surface area contributed by atoms with Gasteiger partial charge in [-0.1, -0.05) is 63.8 Å². The first-order valence-corrected chi connectivity index (χ1v) is 7.51. The Kier molecular flexibility index (Phi) is 15.0. The van der Waals surface area contributed by atoms with Crippen molar-refractivity contribution in [2.24, 2.45) is 0 Å². The fourth-order valence-electron chi connectivity index (χ4n) is 1.87. The van der Waals surface area contributed by atoms with Gasteiger partial charge in [0.25, 0.3) is 0 Å². The van der Waals surface area contributed by atoms with Crippen LogP contribution < -0.4 is 0 Å². The topological polar surface area (TPSA) is 0 Å². The van der Waals surface area contributed by atoms with Crippen LogP contribution in [0, 0.1) is 6.92 Å². The smallest absolute Gasteiger partial charge is 0.0351 e. The van der Waals surface area contributed by atoms with Gasteiger partial charge in [-0.2, -0.15) is 0 Å². The van der Waals surface area contributed by atoms with Gasteiger partial charge in [0, 0.05) is 0 Å². The number of allylic oxidation sites excluding steroid dienone is 4. The molecule has 17 heavy (non-hydrogen) atoms. The summed E-state index contributed by atoms with van der Waals surface area (Å²) in [5.41, 5.74) is 0. The van der Waals surface area contributed by atoms with Crippen LogP contribution in [0.15, 0.2) is 24.3 Å². The van der Waals surface area contributed by atoms with Gasteiger partial charge in [-0.15, -0.1) is 0 Å². The lowest BCUT2D eigenvalue weighted by Crippen LogP contribution is -1.79.